The van der Waals surface area contributed by atoms with Crippen LogP contribution in [0.3, 0.4) is 0 Å². The van der Waals surface area contributed by atoms with Gasteiger partial charge in [0.05, 0.1) is 13.7 Å². The number of ether oxygens (including phenoxy) is 1. The lowest BCUT2D eigenvalue weighted by Crippen LogP contribution is -2.29. The Morgan fingerprint density at radius 2 is 1.46 bits per heavy atom. The maximum absolute atomic E-state index is 12.0. The van der Waals surface area contributed by atoms with Crippen LogP contribution in [0, 0.1) is 0 Å². The van der Waals surface area contributed by atoms with Crippen LogP contribution in [0.15, 0.2) is 54.6 Å². The van der Waals surface area contributed by atoms with E-state index in [1.807, 2.05) is 6.07 Å². The summed E-state index contributed by atoms with van der Waals surface area (Å²) in [5.41, 5.74) is 1.08. The zero-order valence-electron chi connectivity index (χ0n) is 13.5. The molecule has 1 amide bonds. The Morgan fingerprint density at radius 3 is 2.08 bits per heavy atom. The van der Waals surface area contributed by atoms with Crippen LogP contribution in [0.5, 0.6) is 5.75 Å². The maximum atomic E-state index is 12.0. The molecule has 0 saturated heterocycles. The van der Waals surface area contributed by atoms with Gasteiger partial charge >= 0.3 is 0 Å². The van der Waals surface area contributed by atoms with Crippen LogP contribution in [0.4, 0.5) is 0 Å². The van der Waals surface area contributed by atoms with Gasteiger partial charge in [0.2, 0.25) is 5.91 Å². The molecule has 0 atom stereocenters. The summed E-state index contributed by atoms with van der Waals surface area (Å²) in [5, 5.41) is 2.54. The molecule has 0 aliphatic heterocycles. The first-order valence-electron chi connectivity index (χ1n) is 7.62. The number of carbonyl (C=O) groups excluding carboxylic acids is 3. The Labute approximate surface area is 140 Å². The lowest BCUT2D eigenvalue weighted by Gasteiger charge is -2.06. The van der Waals surface area contributed by atoms with E-state index in [-0.39, 0.29) is 36.9 Å². The van der Waals surface area contributed by atoms with Gasteiger partial charge in [-0.05, 0) is 24.3 Å². The third-order valence-corrected chi connectivity index (χ3v) is 3.53. The number of amides is 1. The molecule has 2 aromatic rings. The van der Waals surface area contributed by atoms with Crippen molar-refractivity contribution in [2.75, 3.05) is 13.7 Å². The van der Waals surface area contributed by atoms with Crippen LogP contribution in [-0.4, -0.2) is 31.1 Å². The smallest absolute Gasteiger partial charge is 0.220 e. The fraction of sp³-hybridized carbons (Fsp3) is 0.211. The Morgan fingerprint density at radius 1 is 0.833 bits per heavy atom. The number of benzene rings is 2. The molecule has 0 unspecified atom stereocenters. The van der Waals surface area contributed by atoms with Gasteiger partial charge in [-0.2, -0.15) is 0 Å². The highest BCUT2D eigenvalue weighted by Gasteiger charge is 2.11. The molecule has 1 N–H and O–H groups in total. The molecule has 124 valence electrons. The molecule has 0 aliphatic carbocycles. The second-order valence-corrected chi connectivity index (χ2v) is 5.22. The number of rotatable bonds is 8. The molecule has 2 aromatic carbocycles. The Bertz CT molecular complexity index is 708. The lowest BCUT2D eigenvalue weighted by molar-refractivity contribution is -0.120. The molecule has 5 heteroatoms. The van der Waals surface area contributed by atoms with Crippen molar-refractivity contribution >= 4 is 17.5 Å². The summed E-state index contributed by atoms with van der Waals surface area (Å²) in [6.45, 7) is -0.0926. The number of nitrogens with one attached hydrogen (secondary N) is 1. The van der Waals surface area contributed by atoms with Gasteiger partial charge in [-0.15, -0.1) is 0 Å². The van der Waals surface area contributed by atoms with Gasteiger partial charge in [0.1, 0.15) is 5.75 Å². The van der Waals surface area contributed by atoms with Gasteiger partial charge in [0, 0.05) is 24.0 Å². The second-order valence-electron chi connectivity index (χ2n) is 5.22. The Kier molecular flexibility index (Phi) is 6.25. The van der Waals surface area contributed by atoms with Gasteiger partial charge in [0.25, 0.3) is 0 Å². The predicted octanol–water partition coefficient (Wildman–Crippen LogP) is 2.66. The van der Waals surface area contributed by atoms with Crippen LogP contribution in [0.25, 0.3) is 0 Å². The summed E-state index contributed by atoms with van der Waals surface area (Å²) in [5.74, 6) is 0.0590. The highest BCUT2D eigenvalue weighted by atomic mass is 16.5. The average molecular weight is 325 g/mol. The van der Waals surface area contributed by atoms with Gasteiger partial charge in [-0.25, -0.2) is 0 Å². The first-order valence-corrected chi connectivity index (χ1v) is 7.62. The van der Waals surface area contributed by atoms with E-state index in [9.17, 15) is 14.4 Å². The topological polar surface area (TPSA) is 72.5 Å². The van der Waals surface area contributed by atoms with Crippen molar-refractivity contribution < 1.29 is 19.1 Å². The minimum Gasteiger partial charge on any atom is -0.497 e. The van der Waals surface area contributed by atoms with E-state index in [1.165, 1.54) is 0 Å². The third kappa shape index (κ3) is 5.05. The molecule has 0 spiro atoms. The molecule has 24 heavy (non-hydrogen) atoms. The normalized spacial score (nSPS) is 10.0. The first-order chi connectivity index (χ1) is 11.6. The van der Waals surface area contributed by atoms with Crippen LogP contribution >= 0.6 is 0 Å². The first kappa shape index (κ1) is 17.4. The number of hydrogen-bond donors (Lipinski definition) is 1. The van der Waals surface area contributed by atoms with Crippen molar-refractivity contribution in [3.8, 4) is 5.75 Å². The van der Waals surface area contributed by atoms with Crippen LogP contribution in [0.1, 0.15) is 33.6 Å². The Balaban J connectivity index is 1.76. The number of carbonyl (C=O) groups is 3. The van der Waals surface area contributed by atoms with E-state index in [1.54, 1.807) is 55.6 Å². The predicted molar refractivity (Wildman–Crippen MR) is 90.3 cm³/mol. The molecule has 2 rings (SSSR count). The van der Waals surface area contributed by atoms with E-state index in [0.29, 0.717) is 16.9 Å². The van der Waals surface area contributed by atoms with Crippen molar-refractivity contribution in [2.45, 2.75) is 12.8 Å². The molecule has 0 fully saturated rings. The van der Waals surface area contributed by atoms with Gasteiger partial charge in [-0.1, -0.05) is 30.3 Å². The largest absolute Gasteiger partial charge is 0.497 e. The summed E-state index contributed by atoms with van der Waals surface area (Å²) in [6.07, 6.45) is 0.177. The quantitative estimate of drug-likeness (QED) is 0.757. The van der Waals surface area contributed by atoms with Crippen molar-refractivity contribution in [1.29, 1.82) is 0 Å². The summed E-state index contributed by atoms with van der Waals surface area (Å²) in [6, 6.07) is 15.5. The molecular formula is C19H19NO4. The summed E-state index contributed by atoms with van der Waals surface area (Å²) < 4.78 is 5.02. The van der Waals surface area contributed by atoms with Crippen LogP contribution < -0.4 is 10.1 Å². The van der Waals surface area contributed by atoms with Crippen molar-refractivity contribution in [2.24, 2.45) is 0 Å². The monoisotopic (exact) mass is 325 g/mol. The standard InChI is InChI=1S/C19H19NO4/c1-24-16-9-7-15(8-10-16)18(22)13-20-19(23)12-11-17(21)14-5-3-2-4-6-14/h2-10H,11-13H2,1H3,(H,20,23). The van der Waals surface area contributed by atoms with E-state index in [4.69, 9.17) is 4.74 Å². The molecular weight excluding hydrogens is 306 g/mol. The fourth-order valence-corrected chi connectivity index (χ4v) is 2.14. The highest BCUT2D eigenvalue weighted by molar-refractivity contribution is 6.00. The highest BCUT2D eigenvalue weighted by Crippen LogP contribution is 2.11. The van der Waals surface area contributed by atoms with Crippen molar-refractivity contribution in [1.82, 2.24) is 5.32 Å². The SMILES string of the molecule is COc1ccc(C(=O)CNC(=O)CCC(=O)c2ccccc2)cc1. The molecule has 0 aliphatic rings. The molecule has 0 bridgehead atoms. The number of methoxy groups -OCH3 is 1. The minimum absolute atomic E-state index is 0.0591. The average Bonchev–Trinajstić information content (AvgIpc) is 2.64. The van der Waals surface area contributed by atoms with Gasteiger partial charge in [0.15, 0.2) is 11.6 Å². The lowest BCUT2D eigenvalue weighted by atomic mass is 10.1. The molecule has 5 nitrogen and oxygen atoms in total. The zero-order chi connectivity index (χ0) is 17.4. The second kappa shape index (κ2) is 8.62. The van der Waals surface area contributed by atoms with Crippen molar-refractivity contribution in [3.05, 3.63) is 65.7 Å². The summed E-state index contributed by atoms with van der Waals surface area (Å²) >= 11 is 0. The summed E-state index contributed by atoms with van der Waals surface area (Å²) in [4.78, 5) is 35.7. The van der Waals surface area contributed by atoms with Crippen LogP contribution in [-0.2, 0) is 4.79 Å². The Hall–Kier alpha value is -2.95. The van der Waals surface area contributed by atoms with E-state index < -0.39 is 0 Å². The number of ketones is 2. The number of Topliss-reactive ketones (excluding diaryl/α,β-unsaturated/α-hetero) is 2. The molecule has 0 saturated carbocycles. The molecule has 0 aromatic heterocycles. The minimum atomic E-state index is -0.318. The molecule has 0 heterocycles. The van der Waals surface area contributed by atoms with Gasteiger partial charge in [-0.3, -0.25) is 14.4 Å². The van der Waals surface area contributed by atoms with Crippen LogP contribution in [0.2, 0.25) is 0 Å². The maximum Gasteiger partial charge on any atom is 0.220 e. The third-order valence-electron chi connectivity index (χ3n) is 3.53. The van der Waals surface area contributed by atoms with E-state index >= 15 is 0 Å². The van der Waals surface area contributed by atoms with Gasteiger partial charge < -0.3 is 10.1 Å². The fourth-order valence-electron chi connectivity index (χ4n) is 2.14. The van der Waals surface area contributed by atoms with E-state index in [2.05, 4.69) is 5.32 Å². The zero-order valence-corrected chi connectivity index (χ0v) is 13.5. The number of hydrogen-bond acceptors (Lipinski definition) is 4. The van der Waals surface area contributed by atoms with Crippen molar-refractivity contribution in [3.63, 3.8) is 0 Å². The molecule has 0 radical (unpaired) electrons. The van der Waals surface area contributed by atoms with E-state index in [0.717, 1.165) is 0 Å². The summed E-state index contributed by atoms with van der Waals surface area (Å²) in [7, 11) is 1.55.